The molecule has 0 spiro atoms. The molecular formula is C18H27N3O2. The Labute approximate surface area is 138 Å². The fourth-order valence-corrected chi connectivity index (χ4v) is 3.59. The zero-order valence-electron chi connectivity index (χ0n) is 13.7. The third-order valence-electron chi connectivity index (χ3n) is 5.16. The molecule has 0 atom stereocenters. The predicted molar refractivity (Wildman–Crippen MR) is 92.3 cm³/mol. The highest BCUT2D eigenvalue weighted by Crippen LogP contribution is 2.25. The Morgan fingerprint density at radius 1 is 1.09 bits per heavy atom. The summed E-state index contributed by atoms with van der Waals surface area (Å²) in [5.74, 6) is -0.0254. The van der Waals surface area contributed by atoms with Crippen LogP contribution in [-0.2, 0) is 0 Å². The molecule has 1 aromatic rings. The molecule has 1 aromatic carbocycles. The first kappa shape index (κ1) is 16.3. The number of carbonyl (C=O) groups is 1. The molecule has 2 fully saturated rings. The summed E-state index contributed by atoms with van der Waals surface area (Å²) in [5.41, 5.74) is 1.51. The van der Waals surface area contributed by atoms with E-state index in [1.165, 1.54) is 38.9 Å². The van der Waals surface area contributed by atoms with Crippen molar-refractivity contribution in [1.82, 2.24) is 10.2 Å². The SMILES string of the molecule is O=C(O)c1ccc(N2CCC(CCN3CCNCC3)CC2)cc1. The van der Waals surface area contributed by atoms with Crippen LogP contribution in [0.15, 0.2) is 24.3 Å². The molecule has 0 saturated carbocycles. The number of carboxylic acid groups (broad SMARTS) is 1. The van der Waals surface area contributed by atoms with E-state index in [1.807, 2.05) is 12.1 Å². The van der Waals surface area contributed by atoms with Gasteiger partial charge in [-0.1, -0.05) is 0 Å². The van der Waals surface area contributed by atoms with Crippen LogP contribution < -0.4 is 10.2 Å². The standard InChI is InChI=1S/C18H27N3O2/c22-18(23)16-1-3-17(4-2-16)21-11-6-15(7-12-21)5-10-20-13-8-19-9-14-20/h1-4,15,19H,5-14H2,(H,22,23). The molecule has 126 valence electrons. The van der Waals surface area contributed by atoms with Gasteiger partial charge in [0.15, 0.2) is 0 Å². The lowest BCUT2D eigenvalue weighted by Gasteiger charge is -2.35. The Hall–Kier alpha value is -1.59. The van der Waals surface area contributed by atoms with Gasteiger partial charge in [0.25, 0.3) is 0 Å². The number of benzene rings is 1. The number of nitrogens with one attached hydrogen (secondary N) is 1. The Balaban J connectivity index is 1.43. The van der Waals surface area contributed by atoms with Crippen LogP contribution in [0.25, 0.3) is 0 Å². The van der Waals surface area contributed by atoms with Crippen molar-refractivity contribution in [2.45, 2.75) is 19.3 Å². The number of aromatic carboxylic acids is 1. The molecule has 5 heteroatoms. The number of piperazine rings is 1. The van der Waals surface area contributed by atoms with Gasteiger partial charge in [-0.2, -0.15) is 0 Å². The first-order valence-electron chi connectivity index (χ1n) is 8.74. The Kier molecular flexibility index (Phi) is 5.51. The molecule has 2 heterocycles. The van der Waals surface area contributed by atoms with Crippen LogP contribution in [0.1, 0.15) is 29.6 Å². The van der Waals surface area contributed by atoms with Crippen LogP contribution in [0.3, 0.4) is 0 Å². The summed E-state index contributed by atoms with van der Waals surface area (Å²) < 4.78 is 0. The molecular weight excluding hydrogens is 290 g/mol. The van der Waals surface area contributed by atoms with E-state index in [1.54, 1.807) is 12.1 Å². The van der Waals surface area contributed by atoms with E-state index < -0.39 is 5.97 Å². The third kappa shape index (κ3) is 4.45. The Morgan fingerprint density at radius 3 is 2.35 bits per heavy atom. The van der Waals surface area contributed by atoms with Crippen molar-refractivity contribution in [1.29, 1.82) is 0 Å². The molecule has 2 saturated heterocycles. The van der Waals surface area contributed by atoms with Crippen molar-refractivity contribution in [2.75, 3.05) is 50.7 Å². The topological polar surface area (TPSA) is 55.8 Å². The quantitative estimate of drug-likeness (QED) is 0.869. The van der Waals surface area contributed by atoms with Crippen LogP contribution in [0.5, 0.6) is 0 Å². The van der Waals surface area contributed by atoms with Crippen LogP contribution in [0.2, 0.25) is 0 Å². The van der Waals surface area contributed by atoms with Gasteiger partial charge in [0, 0.05) is 45.0 Å². The monoisotopic (exact) mass is 317 g/mol. The van der Waals surface area contributed by atoms with E-state index >= 15 is 0 Å². The number of hydrogen-bond acceptors (Lipinski definition) is 4. The van der Waals surface area contributed by atoms with Crippen molar-refractivity contribution >= 4 is 11.7 Å². The molecule has 23 heavy (non-hydrogen) atoms. The van der Waals surface area contributed by atoms with Crippen molar-refractivity contribution in [3.8, 4) is 0 Å². The first-order chi connectivity index (χ1) is 11.2. The Bertz CT molecular complexity index is 504. The van der Waals surface area contributed by atoms with Gasteiger partial charge in [0.1, 0.15) is 0 Å². The average molecular weight is 317 g/mol. The van der Waals surface area contributed by atoms with Crippen molar-refractivity contribution in [2.24, 2.45) is 5.92 Å². The molecule has 0 radical (unpaired) electrons. The number of hydrogen-bond donors (Lipinski definition) is 2. The van der Waals surface area contributed by atoms with Gasteiger partial charge in [0.05, 0.1) is 5.56 Å². The molecule has 0 aliphatic carbocycles. The van der Waals surface area contributed by atoms with E-state index in [2.05, 4.69) is 15.1 Å². The van der Waals surface area contributed by atoms with Crippen LogP contribution >= 0.6 is 0 Å². The molecule has 5 nitrogen and oxygen atoms in total. The zero-order valence-corrected chi connectivity index (χ0v) is 13.7. The van der Waals surface area contributed by atoms with Gasteiger partial charge in [-0.05, 0) is 56.0 Å². The molecule has 0 amide bonds. The normalized spacial score (nSPS) is 20.6. The van der Waals surface area contributed by atoms with Gasteiger partial charge < -0.3 is 20.2 Å². The predicted octanol–water partition coefficient (Wildman–Crippen LogP) is 1.90. The smallest absolute Gasteiger partial charge is 0.335 e. The first-order valence-corrected chi connectivity index (χ1v) is 8.74. The fourth-order valence-electron chi connectivity index (χ4n) is 3.59. The summed E-state index contributed by atoms with van der Waals surface area (Å²) in [7, 11) is 0. The summed E-state index contributed by atoms with van der Waals surface area (Å²) in [6.07, 6.45) is 3.80. The van der Waals surface area contributed by atoms with E-state index in [9.17, 15) is 4.79 Å². The molecule has 2 aliphatic heterocycles. The number of nitrogens with zero attached hydrogens (tertiary/aromatic N) is 2. The maximum absolute atomic E-state index is 10.9. The Morgan fingerprint density at radius 2 is 1.74 bits per heavy atom. The lowest BCUT2D eigenvalue weighted by atomic mass is 9.93. The summed E-state index contributed by atoms with van der Waals surface area (Å²) in [6.45, 7) is 8.04. The van der Waals surface area contributed by atoms with Gasteiger partial charge in [-0.25, -0.2) is 4.79 Å². The molecule has 0 bridgehead atoms. The van der Waals surface area contributed by atoms with Gasteiger partial charge in [-0.15, -0.1) is 0 Å². The minimum absolute atomic E-state index is 0.361. The van der Waals surface area contributed by atoms with E-state index in [-0.39, 0.29) is 0 Å². The van der Waals surface area contributed by atoms with Gasteiger partial charge >= 0.3 is 5.97 Å². The number of rotatable bonds is 5. The van der Waals surface area contributed by atoms with E-state index in [0.29, 0.717) is 5.56 Å². The lowest BCUT2D eigenvalue weighted by molar-refractivity contribution is 0.0697. The molecule has 3 rings (SSSR count). The maximum atomic E-state index is 10.9. The van der Waals surface area contributed by atoms with Crippen molar-refractivity contribution in [3.63, 3.8) is 0 Å². The number of piperidine rings is 1. The van der Waals surface area contributed by atoms with Gasteiger partial charge in [-0.3, -0.25) is 0 Å². The maximum Gasteiger partial charge on any atom is 0.335 e. The minimum Gasteiger partial charge on any atom is -0.478 e. The highest BCUT2D eigenvalue weighted by molar-refractivity contribution is 5.88. The summed E-state index contributed by atoms with van der Waals surface area (Å²) in [4.78, 5) is 15.9. The van der Waals surface area contributed by atoms with Gasteiger partial charge in [0.2, 0.25) is 0 Å². The van der Waals surface area contributed by atoms with Crippen LogP contribution in [0.4, 0.5) is 5.69 Å². The second-order valence-electron chi connectivity index (χ2n) is 6.66. The highest BCUT2D eigenvalue weighted by Gasteiger charge is 2.20. The highest BCUT2D eigenvalue weighted by atomic mass is 16.4. The number of anilines is 1. The summed E-state index contributed by atoms with van der Waals surface area (Å²) in [5, 5.41) is 12.4. The second-order valence-corrected chi connectivity index (χ2v) is 6.66. The summed E-state index contributed by atoms with van der Waals surface area (Å²) >= 11 is 0. The van der Waals surface area contributed by atoms with Crippen LogP contribution in [0, 0.1) is 5.92 Å². The van der Waals surface area contributed by atoms with Crippen LogP contribution in [-0.4, -0.2) is 61.8 Å². The van der Waals surface area contributed by atoms with Crippen molar-refractivity contribution in [3.05, 3.63) is 29.8 Å². The van der Waals surface area contributed by atoms with Crippen molar-refractivity contribution < 1.29 is 9.90 Å². The minimum atomic E-state index is -0.858. The average Bonchev–Trinajstić information content (AvgIpc) is 2.61. The zero-order chi connectivity index (χ0) is 16.1. The van der Waals surface area contributed by atoms with E-state index in [4.69, 9.17) is 5.11 Å². The molecule has 0 aromatic heterocycles. The fraction of sp³-hybridized carbons (Fsp3) is 0.611. The lowest BCUT2D eigenvalue weighted by Crippen LogP contribution is -2.44. The molecule has 0 unspecified atom stereocenters. The third-order valence-corrected chi connectivity index (χ3v) is 5.16. The second kappa shape index (κ2) is 7.79. The largest absolute Gasteiger partial charge is 0.478 e. The number of carboxylic acids is 1. The molecule has 2 N–H and O–H groups in total. The summed E-state index contributed by atoms with van der Waals surface area (Å²) in [6, 6.07) is 7.28. The molecule has 2 aliphatic rings. The van der Waals surface area contributed by atoms with E-state index in [0.717, 1.165) is 37.8 Å².